The number of Topliss-reactive ketones (excluding diaryl/α,β-unsaturated/α-hetero) is 2. The fourth-order valence-corrected chi connectivity index (χ4v) is 7.51. The summed E-state index contributed by atoms with van der Waals surface area (Å²) in [6.07, 6.45) is 2.52. The Morgan fingerprint density at radius 1 is 1.12 bits per heavy atom. The van der Waals surface area contributed by atoms with Gasteiger partial charge in [-0.15, -0.1) is 0 Å². The number of anilines is 1. The first-order valence-corrected chi connectivity index (χ1v) is 14.1. The molecular weight excluding hydrogens is 528 g/mol. The van der Waals surface area contributed by atoms with Crippen molar-refractivity contribution in [2.24, 2.45) is 23.5 Å². The molecule has 0 unspecified atom stereocenters. The molecule has 4 atom stereocenters. The average Bonchev–Trinajstić information content (AvgIpc) is 2.86. The maximum atomic E-state index is 14.0. The number of likely N-dealkylation sites (tertiary alicyclic amines) is 1. The summed E-state index contributed by atoms with van der Waals surface area (Å²) in [6.45, 7) is 4.75. The van der Waals surface area contributed by atoms with Crippen molar-refractivity contribution in [3.63, 3.8) is 0 Å². The van der Waals surface area contributed by atoms with E-state index in [1.165, 1.54) is 0 Å². The number of nitrogens with zero attached hydrogens (tertiary/aromatic N) is 3. The Hall–Kier alpha value is -3.41. The summed E-state index contributed by atoms with van der Waals surface area (Å²) in [7, 11) is 7.00. The molecule has 1 amide bonds. The van der Waals surface area contributed by atoms with Gasteiger partial charge in [0, 0.05) is 37.8 Å². The van der Waals surface area contributed by atoms with Crippen LogP contribution in [0.25, 0.3) is 0 Å². The largest absolute Gasteiger partial charge is 0.510 e. The number of benzene rings is 1. The number of primary amides is 1. The Morgan fingerprint density at radius 2 is 1.76 bits per heavy atom. The minimum absolute atomic E-state index is 0.0329. The van der Waals surface area contributed by atoms with E-state index >= 15 is 0 Å². The van der Waals surface area contributed by atoms with Crippen LogP contribution < -0.4 is 10.6 Å². The Labute approximate surface area is 239 Å². The lowest BCUT2D eigenvalue weighted by molar-refractivity contribution is -0.148. The van der Waals surface area contributed by atoms with Crippen molar-refractivity contribution in [1.82, 2.24) is 9.80 Å². The molecule has 1 fully saturated rings. The molecule has 4 aliphatic rings. The zero-order valence-electron chi connectivity index (χ0n) is 24.3. The Morgan fingerprint density at radius 3 is 2.32 bits per heavy atom. The first-order chi connectivity index (χ1) is 19.2. The molecular formula is C30H40N4O7. The summed E-state index contributed by atoms with van der Waals surface area (Å²) in [4.78, 5) is 45.5. The number of ketones is 2. The van der Waals surface area contributed by atoms with Crippen molar-refractivity contribution in [3.8, 4) is 5.75 Å². The number of hydrogen-bond donors (Lipinski definition) is 5. The predicted molar refractivity (Wildman–Crippen MR) is 152 cm³/mol. The first kappa shape index (κ1) is 29.1. The number of rotatable bonds is 5. The van der Waals surface area contributed by atoms with Gasteiger partial charge < -0.3 is 31.1 Å². The molecule has 1 saturated heterocycles. The number of aliphatic hydroxyl groups is 3. The van der Waals surface area contributed by atoms with Crippen LogP contribution in [0.15, 0.2) is 28.7 Å². The number of aromatic hydroxyl groups is 1. The van der Waals surface area contributed by atoms with E-state index in [1.807, 2.05) is 19.0 Å². The van der Waals surface area contributed by atoms with Gasteiger partial charge in [-0.3, -0.25) is 24.2 Å². The molecule has 5 rings (SSSR count). The van der Waals surface area contributed by atoms with E-state index in [1.54, 1.807) is 25.1 Å². The maximum absolute atomic E-state index is 14.0. The van der Waals surface area contributed by atoms with Gasteiger partial charge in [0.1, 0.15) is 22.8 Å². The smallest absolute Gasteiger partial charge is 0.255 e. The summed E-state index contributed by atoms with van der Waals surface area (Å²) in [6, 6.07) is 0.581. The van der Waals surface area contributed by atoms with Crippen LogP contribution in [0.5, 0.6) is 5.75 Å². The number of hydrogen-bond acceptors (Lipinski definition) is 10. The predicted octanol–water partition coefficient (Wildman–Crippen LogP) is 1.42. The van der Waals surface area contributed by atoms with Gasteiger partial charge in [0.2, 0.25) is 5.78 Å². The molecule has 41 heavy (non-hydrogen) atoms. The standard InChI is InChI=1S/C30H40N4O7/c1-14-6-8-34(9-7-14)13-16-12-19(35)21-17(23(16)32(2)3)10-15-11-18-24(33(4)5)26(37)22(29(31)40)28(39)30(18,41)27(38)20(15)25(21)36/h12,14-15,18,24,35,37-38,41H,6-11,13H2,1-5H3,(H2,31,40)/t15-,18-,24-,30-/m0/s1. The van der Waals surface area contributed by atoms with Gasteiger partial charge in [-0.25, -0.2) is 0 Å². The van der Waals surface area contributed by atoms with E-state index in [-0.39, 0.29) is 29.7 Å². The number of phenolic OH excluding ortho intramolecular Hbond substituents is 1. The molecule has 3 aliphatic carbocycles. The summed E-state index contributed by atoms with van der Waals surface area (Å²) in [5.41, 5.74) is 4.19. The van der Waals surface area contributed by atoms with Crippen LogP contribution in [0, 0.1) is 17.8 Å². The second-order valence-corrected chi connectivity index (χ2v) is 12.6. The van der Waals surface area contributed by atoms with E-state index in [9.17, 15) is 34.8 Å². The fraction of sp³-hybridized carbons (Fsp3) is 0.567. The third-order valence-corrected chi connectivity index (χ3v) is 9.49. The number of piperidine rings is 1. The number of carbonyl (C=O) groups is 3. The van der Waals surface area contributed by atoms with Gasteiger partial charge in [-0.2, -0.15) is 0 Å². The van der Waals surface area contributed by atoms with Crippen molar-refractivity contribution in [1.29, 1.82) is 0 Å². The van der Waals surface area contributed by atoms with Crippen LogP contribution in [-0.4, -0.2) is 101 Å². The molecule has 1 aromatic carbocycles. The van der Waals surface area contributed by atoms with Crippen molar-refractivity contribution >= 4 is 23.2 Å². The zero-order valence-corrected chi connectivity index (χ0v) is 24.3. The third-order valence-electron chi connectivity index (χ3n) is 9.49. The number of carbonyl (C=O) groups excluding carboxylic acids is 3. The molecule has 1 heterocycles. The van der Waals surface area contributed by atoms with Gasteiger partial charge in [0.05, 0.1) is 11.6 Å². The quantitative estimate of drug-likeness (QED) is 0.328. The molecule has 0 spiro atoms. The Bertz CT molecular complexity index is 1390. The van der Waals surface area contributed by atoms with Crippen molar-refractivity contribution in [2.45, 2.75) is 50.8 Å². The van der Waals surface area contributed by atoms with Crippen molar-refractivity contribution < 1.29 is 34.8 Å². The summed E-state index contributed by atoms with van der Waals surface area (Å²) in [5.74, 6) is -5.79. The lowest BCUT2D eigenvalue weighted by Crippen LogP contribution is -2.63. The van der Waals surface area contributed by atoms with E-state index in [2.05, 4.69) is 11.8 Å². The van der Waals surface area contributed by atoms with Crippen LogP contribution in [-0.2, 0) is 22.6 Å². The molecule has 0 aromatic heterocycles. The number of nitrogens with two attached hydrogens (primary N) is 1. The van der Waals surface area contributed by atoms with Crippen LogP contribution in [0.3, 0.4) is 0 Å². The summed E-state index contributed by atoms with van der Waals surface area (Å²) >= 11 is 0. The highest BCUT2D eigenvalue weighted by Gasteiger charge is 2.63. The highest BCUT2D eigenvalue weighted by molar-refractivity contribution is 6.24. The van der Waals surface area contributed by atoms with Crippen LogP contribution in [0.4, 0.5) is 5.69 Å². The van der Waals surface area contributed by atoms with Gasteiger partial charge in [-0.05, 0) is 81.9 Å². The highest BCUT2D eigenvalue weighted by atomic mass is 16.3. The lowest BCUT2D eigenvalue weighted by atomic mass is 9.58. The topological polar surface area (TPSA) is 168 Å². The van der Waals surface area contributed by atoms with E-state index < -0.39 is 58.0 Å². The third kappa shape index (κ3) is 4.33. The normalized spacial score (nSPS) is 29.0. The number of amides is 1. The summed E-state index contributed by atoms with van der Waals surface area (Å²) < 4.78 is 0. The van der Waals surface area contributed by atoms with Crippen LogP contribution in [0.1, 0.15) is 47.7 Å². The molecule has 1 aliphatic heterocycles. The Kier molecular flexibility index (Phi) is 7.20. The van der Waals surface area contributed by atoms with E-state index in [0.717, 1.165) is 37.2 Å². The maximum Gasteiger partial charge on any atom is 0.255 e. The molecule has 11 nitrogen and oxygen atoms in total. The first-order valence-electron chi connectivity index (χ1n) is 14.1. The van der Waals surface area contributed by atoms with E-state index in [4.69, 9.17) is 5.73 Å². The average molecular weight is 569 g/mol. The SMILES string of the molecule is CC1CCN(Cc2cc(O)c3c(c2N(C)C)C[C@H]2C[C@H]4[C@H](N(C)C)C(O)=C(C(N)=O)C(=O)[C@@]4(O)C(O)=C2C3=O)CC1. The molecule has 6 N–H and O–H groups in total. The van der Waals surface area contributed by atoms with Gasteiger partial charge in [0.15, 0.2) is 11.4 Å². The van der Waals surface area contributed by atoms with Gasteiger partial charge in [-0.1, -0.05) is 6.92 Å². The van der Waals surface area contributed by atoms with Crippen molar-refractivity contribution in [2.75, 3.05) is 46.2 Å². The number of aliphatic hydroxyl groups excluding tert-OH is 2. The minimum Gasteiger partial charge on any atom is -0.510 e. The van der Waals surface area contributed by atoms with E-state index in [0.29, 0.717) is 18.0 Å². The molecule has 0 radical (unpaired) electrons. The van der Waals surface area contributed by atoms with Gasteiger partial charge >= 0.3 is 0 Å². The number of fused-ring (bicyclic) bond motifs is 3. The number of likely N-dealkylation sites (N-methyl/N-ethyl adjacent to an activating group) is 1. The van der Waals surface area contributed by atoms with Crippen molar-refractivity contribution in [3.05, 3.63) is 45.4 Å². The molecule has 0 saturated carbocycles. The molecule has 11 heteroatoms. The molecule has 1 aromatic rings. The highest BCUT2D eigenvalue weighted by Crippen LogP contribution is 2.53. The zero-order chi connectivity index (χ0) is 30.1. The monoisotopic (exact) mass is 568 g/mol. The second kappa shape index (κ2) is 10.1. The number of phenols is 1. The minimum atomic E-state index is -2.64. The molecule has 0 bridgehead atoms. The Balaban J connectivity index is 1.64. The van der Waals surface area contributed by atoms with Crippen LogP contribution in [0.2, 0.25) is 0 Å². The number of allylic oxidation sites excluding steroid dienone is 1. The fourth-order valence-electron chi connectivity index (χ4n) is 7.51. The second-order valence-electron chi connectivity index (χ2n) is 12.6. The summed E-state index contributed by atoms with van der Waals surface area (Å²) in [5, 5.41) is 45.4. The van der Waals surface area contributed by atoms with Crippen LogP contribution >= 0.6 is 0 Å². The molecule has 222 valence electrons. The lowest BCUT2D eigenvalue weighted by Gasteiger charge is -2.50. The van der Waals surface area contributed by atoms with Gasteiger partial charge in [0.25, 0.3) is 5.91 Å².